The van der Waals surface area contributed by atoms with Gasteiger partial charge in [-0.15, -0.1) is 0 Å². The second-order valence-electron chi connectivity index (χ2n) is 5.29. The van der Waals surface area contributed by atoms with Crippen molar-refractivity contribution < 1.29 is 4.92 Å². The SMILES string of the molecule is CC1CCN(c2cc3sc(N)nc3cc2[N+](=O)[O-])CC1. The average molecular weight is 292 g/mol. The van der Waals surface area contributed by atoms with Crippen LogP contribution in [0.3, 0.4) is 0 Å². The van der Waals surface area contributed by atoms with Crippen LogP contribution in [-0.2, 0) is 0 Å². The Bertz CT molecular complexity index is 662. The number of hydrogen-bond acceptors (Lipinski definition) is 6. The maximum absolute atomic E-state index is 11.3. The fourth-order valence-electron chi connectivity index (χ4n) is 2.62. The minimum Gasteiger partial charge on any atom is -0.375 e. The molecule has 1 fully saturated rings. The molecule has 1 aliphatic heterocycles. The van der Waals surface area contributed by atoms with E-state index < -0.39 is 0 Å². The third-order valence-electron chi connectivity index (χ3n) is 3.82. The molecule has 6 nitrogen and oxygen atoms in total. The molecule has 2 heterocycles. The topological polar surface area (TPSA) is 85.3 Å². The van der Waals surface area contributed by atoms with Crippen molar-refractivity contribution in [2.75, 3.05) is 23.7 Å². The molecule has 0 bridgehead atoms. The highest BCUT2D eigenvalue weighted by molar-refractivity contribution is 7.22. The van der Waals surface area contributed by atoms with Crippen LogP contribution in [0.2, 0.25) is 0 Å². The third kappa shape index (κ3) is 2.29. The molecular formula is C13H16N4O2S. The van der Waals surface area contributed by atoms with Crippen molar-refractivity contribution in [2.45, 2.75) is 19.8 Å². The quantitative estimate of drug-likeness (QED) is 0.679. The highest BCUT2D eigenvalue weighted by Crippen LogP contribution is 2.37. The molecule has 7 heteroatoms. The summed E-state index contributed by atoms with van der Waals surface area (Å²) in [5.74, 6) is 0.688. The van der Waals surface area contributed by atoms with E-state index in [9.17, 15) is 10.1 Å². The summed E-state index contributed by atoms with van der Waals surface area (Å²) in [5, 5.41) is 11.7. The Morgan fingerprint density at radius 1 is 1.45 bits per heavy atom. The van der Waals surface area contributed by atoms with Gasteiger partial charge in [0.2, 0.25) is 0 Å². The van der Waals surface area contributed by atoms with E-state index in [0.29, 0.717) is 22.3 Å². The van der Waals surface area contributed by atoms with E-state index in [1.54, 1.807) is 0 Å². The standard InChI is InChI=1S/C13H16N4O2S/c1-8-2-4-16(5-3-8)10-7-12-9(15-13(14)20-12)6-11(10)17(18)19/h6-8H,2-5H2,1H3,(H2,14,15). The van der Waals surface area contributed by atoms with Gasteiger partial charge in [-0.3, -0.25) is 10.1 Å². The van der Waals surface area contributed by atoms with Gasteiger partial charge in [-0.05, 0) is 24.8 Å². The van der Waals surface area contributed by atoms with Gasteiger partial charge in [0.15, 0.2) is 5.13 Å². The maximum atomic E-state index is 11.3. The molecule has 0 aliphatic carbocycles. The number of benzene rings is 1. The first kappa shape index (κ1) is 13.1. The molecule has 0 radical (unpaired) electrons. The van der Waals surface area contributed by atoms with E-state index in [0.717, 1.165) is 30.6 Å². The summed E-state index contributed by atoms with van der Waals surface area (Å²) in [6.07, 6.45) is 2.14. The van der Waals surface area contributed by atoms with Crippen LogP contribution in [0.25, 0.3) is 10.2 Å². The second kappa shape index (κ2) is 4.90. The molecule has 0 spiro atoms. The molecule has 1 aliphatic rings. The summed E-state index contributed by atoms with van der Waals surface area (Å²) in [6.45, 7) is 3.95. The average Bonchev–Trinajstić information content (AvgIpc) is 2.77. The maximum Gasteiger partial charge on any atom is 0.294 e. The zero-order chi connectivity index (χ0) is 14.3. The Kier molecular flexibility index (Phi) is 3.21. The number of rotatable bonds is 2. The number of fused-ring (bicyclic) bond motifs is 1. The Labute approximate surface area is 120 Å². The minimum absolute atomic E-state index is 0.123. The van der Waals surface area contributed by atoms with Crippen LogP contribution in [0.15, 0.2) is 12.1 Å². The van der Waals surface area contributed by atoms with Crippen LogP contribution in [0.1, 0.15) is 19.8 Å². The number of aromatic nitrogens is 1. The van der Waals surface area contributed by atoms with Crippen molar-refractivity contribution in [1.82, 2.24) is 4.98 Å². The number of nitrogen functional groups attached to an aromatic ring is 1. The van der Waals surface area contributed by atoms with Gasteiger partial charge in [0.1, 0.15) is 5.69 Å². The first-order valence-corrected chi connectivity index (χ1v) is 7.45. The van der Waals surface area contributed by atoms with Crippen molar-refractivity contribution in [2.24, 2.45) is 5.92 Å². The van der Waals surface area contributed by atoms with Crippen molar-refractivity contribution in [3.05, 3.63) is 22.2 Å². The summed E-state index contributed by atoms with van der Waals surface area (Å²) >= 11 is 1.37. The monoisotopic (exact) mass is 292 g/mol. The highest BCUT2D eigenvalue weighted by Gasteiger charge is 2.24. The molecule has 2 N–H and O–H groups in total. The summed E-state index contributed by atoms with van der Waals surface area (Å²) in [6, 6.07) is 3.40. The largest absolute Gasteiger partial charge is 0.375 e. The van der Waals surface area contributed by atoms with E-state index in [1.165, 1.54) is 17.4 Å². The minimum atomic E-state index is -0.331. The van der Waals surface area contributed by atoms with Crippen LogP contribution in [0.4, 0.5) is 16.5 Å². The van der Waals surface area contributed by atoms with Crippen LogP contribution in [0.5, 0.6) is 0 Å². The molecule has 20 heavy (non-hydrogen) atoms. The first-order chi connectivity index (χ1) is 9.54. The van der Waals surface area contributed by atoms with Gasteiger partial charge in [-0.1, -0.05) is 18.3 Å². The lowest BCUT2D eigenvalue weighted by atomic mass is 9.98. The van der Waals surface area contributed by atoms with Gasteiger partial charge >= 0.3 is 0 Å². The number of nitrogens with two attached hydrogens (primary N) is 1. The number of anilines is 2. The number of nitro groups is 1. The van der Waals surface area contributed by atoms with Crippen molar-refractivity contribution in [3.8, 4) is 0 Å². The summed E-state index contributed by atoms with van der Waals surface area (Å²) in [4.78, 5) is 17.2. The van der Waals surface area contributed by atoms with Crippen LogP contribution in [-0.4, -0.2) is 23.0 Å². The lowest BCUT2D eigenvalue weighted by molar-refractivity contribution is -0.384. The van der Waals surface area contributed by atoms with Gasteiger partial charge in [-0.2, -0.15) is 0 Å². The molecule has 0 saturated carbocycles. The van der Waals surface area contributed by atoms with Gasteiger partial charge in [0, 0.05) is 19.2 Å². The zero-order valence-corrected chi connectivity index (χ0v) is 12.0. The van der Waals surface area contributed by atoms with E-state index >= 15 is 0 Å². The Balaban J connectivity index is 2.07. The van der Waals surface area contributed by atoms with Crippen molar-refractivity contribution in [3.63, 3.8) is 0 Å². The summed E-state index contributed by atoms with van der Waals surface area (Å²) < 4.78 is 0.904. The molecule has 1 saturated heterocycles. The molecule has 3 rings (SSSR count). The van der Waals surface area contributed by atoms with E-state index in [1.807, 2.05) is 6.07 Å². The van der Waals surface area contributed by atoms with E-state index in [4.69, 9.17) is 5.73 Å². The van der Waals surface area contributed by atoms with Crippen LogP contribution < -0.4 is 10.6 Å². The third-order valence-corrected chi connectivity index (χ3v) is 4.67. The predicted molar refractivity (Wildman–Crippen MR) is 81.3 cm³/mol. The van der Waals surface area contributed by atoms with Crippen LogP contribution >= 0.6 is 11.3 Å². The van der Waals surface area contributed by atoms with E-state index in [-0.39, 0.29) is 10.6 Å². The highest BCUT2D eigenvalue weighted by atomic mass is 32.1. The number of nitro benzene ring substituents is 1. The van der Waals surface area contributed by atoms with Crippen LogP contribution in [0, 0.1) is 16.0 Å². The molecule has 0 unspecified atom stereocenters. The lowest BCUT2D eigenvalue weighted by Gasteiger charge is -2.31. The summed E-state index contributed by atoms with van der Waals surface area (Å²) in [5.41, 5.74) is 7.11. The first-order valence-electron chi connectivity index (χ1n) is 6.64. The number of thiazole rings is 1. The second-order valence-corrected chi connectivity index (χ2v) is 6.35. The Hall–Kier alpha value is -1.89. The fourth-order valence-corrected chi connectivity index (χ4v) is 3.37. The smallest absolute Gasteiger partial charge is 0.294 e. The zero-order valence-electron chi connectivity index (χ0n) is 11.2. The van der Waals surface area contributed by atoms with Crippen molar-refractivity contribution >= 4 is 38.1 Å². The molecule has 1 aromatic carbocycles. The molecular weight excluding hydrogens is 276 g/mol. The molecule has 106 valence electrons. The molecule has 1 aromatic heterocycles. The Morgan fingerprint density at radius 2 is 2.15 bits per heavy atom. The summed E-state index contributed by atoms with van der Waals surface area (Å²) in [7, 11) is 0. The van der Waals surface area contributed by atoms with Gasteiger partial charge in [0.25, 0.3) is 5.69 Å². The van der Waals surface area contributed by atoms with Gasteiger partial charge in [-0.25, -0.2) is 4.98 Å². The number of nitrogens with zero attached hydrogens (tertiary/aromatic N) is 3. The van der Waals surface area contributed by atoms with E-state index in [2.05, 4.69) is 16.8 Å². The van der Waals surface area contributed by atoms with Gasteiger partial charge in [0.05, 0.1) is 15.1 Å². The lowest BCUT2D eigenvalue weighted by Crippen LogP contribution is -2.33. The normalized spacial score (nSPS) is 16.8. The molecule has 2 aromatic rings. The fraction of sp³-hybridized carbons (Fsp3) is 0.462. The van der Waals surface area contributed by atoms with Gasteiger partial charge < -0.3 is 10.6 Å². The molecule has 0 atom stereocenters. The predicted octanol–water partition coefficient (Wildman–Crippen LogP) is 3.02. The Morgan fingerprint density at radius 3 is 2.80 bits per heavy atom. The molecule has 0 amide bonds. The number of piperidine rings is 1. The van der Waals surface area contributed by atoms with Crippen molar-refractivity contribution in [1.29, 1.82) is 0 Å². The number of hydrogen-bond donors (Lipinski definition) is 1.